The Morgan fingerprint density at radius 2 is 2.26 bits per heavy atom. The van der Waals surface area contributed by atoms with Crippen molar-refractivity contribution in [3.63, 3.8) is 0 Å². The second kappa shape index (κ2) is 7.36. The van der Waals surface area contributed by atoms with Crippen LogP contribution in [0, 0.1) is 0 Å². The molecule has 1 aliphatic rings. The van der Waals surface area contributed by atoms with E-state index in [1.165, 1.54) is 24.8 Å². The monoisotopic (exact) mass is 325 g/mol. The minimum atomic E-state index is 0.633. The fourth-order valence-electron chi connectivity index (χ4n) is 2.79. The molecule has 2 atom stereocenters. The molecule has 2 heterocycles. The van der Waals surface area contributed by atoms with Gasteiger partial charge < -0.3 is 5.32 Å². The van der Waals surface area contributed by atoms with Crippen molar-refractivity contribution < 1.29 is 0 Å². The maximum Gasteiger partial charge on any atom is 0.0410 e. The van der Waals surface area contributed by atoms with E-state index in [2.05, 4.69) is 51.0 Å². The van der Waals surface area contributed by atoms with E-state index in [0.717, 1.165) is 24.1 Å². The molecule has 1 aliphatic heterocycles. The SMILES string of the molecule is CCCC1CNC(CC)CN1Cc1cncc(Br)c1. The Hall–Kier alpha value is -0.450. The van der Waals surface area contributed by atoms with Crippen LogP contribution < -0.4 is 5.32 Å². The number of piperazine rings is 1. The molecule has 0 aliphatic carbocycles. The van der Waals surface area contributed by atoms with E-state index in [1.807, 2.05) is 12.4 Å². The first-order chi connectivity index (χ1) is 9.22. The van der Waals surface area contributed by atoms with E-state index in [9.17, 15) is 0 Å². The summed E-state index contributed by atoms with van der Waals surface area (Å²) < 4.78 is 1.07. The van der Waals surface area contributed by atoms with Crippen LogP contribution in [-0.4, -0.2) is 35.1 Å². The molecule has 0 aromatic carbocycles. The second-order valence-electron chi connectivity index (χ2n) is 5.40. The highest BCUT2D eigenvalue weighted by atomic mass is 79.9. The second-order valence-corrected chi connectivity index (χ2v) is 6.31. The first-order valence-corrected chi connectivity index (χ1v) is 8.09. The van der Waals surface area contributed by atoms with Gasteiger partial charge in [-0.15, -0.1) is 0 Å². The number of pyridine rings is 1. The fraction of sp³-hybridized carbons (Fsp3) is 0.667. The third-order valence-electron chi connectivity index (χ3n) is 3.88. The van der Waals surface area contributed by atoms with Gasteiger partial charge in [0, 0.05) is 48.6 Å². The predicted octanol–water partition coefficient (Wildman–Crippen LogP) is 3.20. The summed E-state index contributed by atoms with van der Waals surface area (Å²) in [4.78, 5) is 6.89. The zero-order valence-electron chi connectivity index (χ0n) is 11.9. The highest BCUT2D eigenvalue weighted by molar-refractivity contribution is 9.10. The van der Waals surface area contributed by atoms with Crippen LogP contribution in [0.4, 0.5) is 0 Å². The van der Waals surface area contributed by atoms with Gasteiger partial charge in [-0.3, -0.25) is 9.88 Å². The van der Waals surface area contributed by atoms with Gasteiger partial charge >= 0.3 is 0 Å². The van der Waals surface area contributed by atoms with Gasteiger partial charge in [-0.05, 0) is 40.4 Å². The molecule has 0 saturated carbocycles. The lowest BCUT2D eigenvalue weighted by Crippen LogP contribution is -2.55. The lowest BCUT2D eigenvalue weighted by Gasteiger charge is -2.40. The molecule has 0 spiro atoms. The van der Waals surface area contributed by atoms with Crippen LogP contribution in [0.25, 0.3) is 0 Å². The third-order valence-corrected chi connectivity index (χ3v) is 4.31. The molecule has 4 heteroatoms. The van der Waals surface area contributed by atoms with Crippen molar-refractivity contribution in [3.8, 4) is 0 Å². The van der Waals surface area contributed by atoms with Crippen LogP contribution in [0.2, 0.25) is 0 Å². The van der Waals surface area contributed by atoms with Crippen LogP contribution in [0.1, 0.15) is 38.7 Å². The number of rotatable bonds is 5. The zero-order chi connectivity index (χ0) is 13.7. The van der Waals surface area contributed by atoms with Crippen LogP contribution >= 0.6 is 15.9 Å². The van der Waals surface area contributed by atoms with Crippen LogP contribution in [-0.2, 0) is 6.54 Å². The molecule has 3 nitrogen and oxygen atoms in total. The molecule has 106 valence electrons. The van der Waals surface area contributed by atoms with Crippen molar-refractivity contribution in [2.24, 2.45) is 0 Å². The average molecular weight is 326 g/mol. The van der Waals surface area contributed by atoms with E-state index in [4.69, 9.17) is 0 Å². The van der Waals surface area contributed by atoms with Crippen LogP contribution in [0.5, 0.6) is 0 Å². The third kappa shape index (κ3) is 4.26. The molecule has 0 bridgehead atoms. The summed E-state index contributed by atoms with van der Waals surface area (Å²) in [6.45, 7) is 7.80. The standard InChI is InChI=1S/C15H24BrN3/c1-3-5-15-9-18-14(4-2)11-19(15)10-12-6-13(16)8-17-7-12/h6-8,14-15,18H,3-5,9-11H2,1-2H3. The lowest BCUT2D eigenvalue weighted by molar-refractivity contribution is 0.113. The molecule has 2 unspecified atom stereocenters. The van der Waals surface area contributed by atoms with Crippen molar-refractivity contribution in [1.82, 2.24) is 15.2 Å². The summed E-state index contributed by atoms with van der Waals surface area (Å²) in [5, 5.41) is 3.66. The van der Waals surface area contributed by atoms with Crippen LogP contribution in [0.15, 0.2) is 22.9 Å². The Labute approximate surface area is 124 Å². The van der Waals surface area contributed by atoms with E-state index < -0.39 is 0 Å². The summed E-state index contributed by atoms with van der Waals surface area (Å²) in [6.07, 6.45) is 7.55. The molecule has 19 heavy (non-hydrogen) atoms. The largest absolute Gasteiger partial charge is 0.311 e. The van der Waals surface area contributed by atoms with Gasteiger partial charge in [0.05, 0.1) is 0 Å². The predicted molar refractivity (Wildman–Crippen MR) is 83.1 cm³/mol. The summed E-state index contributed by atoms with van der Waals surface area (Å²) in [6, 6.07) is 3.47. The molecule has 1 N–H and O–H groups in total. The number of halogens is 1. The van der Waals surface area contributed by atoms with Crippen molar-refractivity contribution in [3.05, 3.63) is 28.5 Å². The number of nitrogens with one attached hydrogen (secondary N) is 1. The normalized spacial score (nSPS) is 24.6. The summed E-state index contributed by atoms with van der Waals surface area (Å²) in [5.74, 6) is 0. The Balaban J connectivity index is 2.04. The Kier molecular flexibility index (Phi) is 5.79. The zero-order valence-corrected chi connectivity index (χ0v) is 13.5. The van der Waals surface area contributed by atoms with Gasteiger partial charge in [-0.2, -0.15) is 0 Å². The van der Waals surface area contributed by atoms with E-state index in [1.54, 1.807) is 0 Å². The Morgan fingerprint density at radius 3 is 2.95 bits per heavy atom. The molecule has 2 rings (SSSR count). The van der Waals surface area contributed by atoms with Crippen molar-refractivity contribution in [2.45, 2.75) is 51.7 Å². The maximum absolute atomic E-state index is 4.27. The molecule has 0 amide bonds. The average Bonchev–Trinajstić information content (AvgIpc) is 2.41. The lowest BCUT2D eigenvalue weighted by atomic mass is 10.0. The first kappa shape index (κ1) is 14.9. The van der Waals surface area contributed by atoms with Crippen molar-refractivity contribution in [2.75, 3.05) is 13.1 Å². The van der Waals surface area contributed by atoms with Gasteiger partial charge in [-0.25, -0.2) is 0 Å². The number of aromatic nitrogens is 1. The maximum atomic E-state index is 4.27. The molecular formula is C15H24BrN3. The quantitative estimate of drug-likeness (QED) is 0.901. The molecule has 1 aromatic heterocycles. The van der Waals surface area contributed by atoms with E-state index in [0.29, 0.717) is 12.1 Å². The Morgan fingerprint density at radius 1 is 1.42 bits per heavy atom. The summed E-state index contributed by atoms with van der Waals surface area (Å²) >= 11 is 3.50. The van der Waals surface area contributed by atoms with Crippen LogP contribution in [0.3, 0.4) is 0 Å². The van der Waals surface area contributed by atoms with Gasteiger partial charge in [-0.1, -0.05) is 20.3 Å². The van der Waals surface area contributed by atoms with E-state index in [-0.39, 0.29) is 0 Å². The van der Waals surface area contributed by atoms with Crippen molar-refractivity contribution in [1.29, 1.82) is 0 Å². The minimum absolute atomic E-state index is 0.633. The first-order valence-electron chi connectivity index (χ1n) is 7.29. The molecule has 1 saturated heterocycles. The van der Waals surface area contributed by atoms with Crippen molar-refractivity contribution >= 4 is 15.9 Å². The topological polar surface area (TPSA) is 28.2 Å². The summed E-state index contributed by atoms with van der Waals surface area (Å²) in [5.41, 5.74) is 1.30. The molecule has 1 aromatic rings. The summed E-state index contributed by atoms with van der Waals surface area (Å²) in [7, 11) is 0. The number of nitrogens with zero attached hydrogens (tertiary/aromatic N) is 2. The van der Waals surface area contributed by atoms with Gasteiger partial charge in [0.1, 0.15) is 0 Å². The molecule has 0 radical (unpaired) electrons. The van der Waals surface area contributed by atoms with Gasteiger partial charge in [0.2, 0.25) is 0 Å². The van der Waals surface area contributed by atoms with E-state index >= 15 is 0 Å². The highest BCUT2D eigenvalue weighted by Crippen LogP contribution is 2.18. The minimum Gasteiger partial charge on any atom is -0.311 e. The Bertz CT molecular complexity index is 397. The number of hydrogen-bond acceptors (Lipinski definition) is 3. The number of hydrogen-bond donors (Lipinski definition) is 1. The van der Waals surface area contributed by atoms with Gasteiger partial charge in [0.25, 0.3) is 0 Å². The molecule has 1 fully saturated rings. The smallest absolute Gasteiger partial charge is 0.0410 e. The molecular weight excluding hydrogens is 302 g/mol. The highest BCUT2D eigenvalue weighted by Gasteiger charge is 2.26. The van der Waals surface area contributed by atoms with Gasteiger partial charge in [0.15, 0.2) is 0 Å². The fourth-order valence-corrected chi connectivity index (χ4v) is 3.20.